The highest BCUT2D eigenvalue weighted by molar-refractivity contribution is 5.50. The Balaban J connectivity index is 1.75. The van der Waals surface area contributed by atoms with E-state index in [0.717, 1.165) is 25.3 Å². The number of benzene rings is 1. The van der Waals surface area contributed by atoms with E-state index >= 15 is 0 Å². The third-order valence-corrected chi connectivity index (χ3v) is 3.34. The molecule has 1 unspecified atom stereocenters. The van der Waals surface area contributed by atoms with Gasteiger partial charge in [-0.3, -0.25) is 0 Å². The summed E-state index contributed by atoms with van der Waals surface area (Å²) in [6.45, 7) is 5.78. The van der Waals surface area contributed by atoms with E-state index in [2.05, 4.69) is 29.3 Å². The lowest BCUT2D eigenvalue weighted by Gasteiger charge is -2.20. The van der Waals surface area contributed by atoms with Crippen LogP contribution in [0.1, 0.15) is 18.4 Å². The number of aliphatic hydroxyl groups is 1. The topological polar surface area (TPSA) is 35.5 Å². The second-order valence-electron chi connectivity index (χ2n) is 4.86. The van der Waals surface area contributed by atoms with Gasteiger partial charge in [-0.1, -0.05) is 18.2 Å². The van der Waals surface area contributed by atoms with Crippen LogP contribution in [0.5, 0.6) is 0 Å². The summed E-state index contributed by atoms with van der Waals surface area (Å²) in [6.07, 6.45) is 2.27. The minimum absolute atomic E-state index is 0.285. The van der Waals surface area contributed by atoms with Crippen molar-refractivity contribution >= 4 is 5.69 Å². The standard InChI is InChI=1S/C14H22N2O/c1-12-6-2-3-7-14(12)15-10-13(17)11-16-8-4-5-9-16/h2-3,6-7,13,15,17H,4-5,8-11H2,1H3. The first kappa shape index (κ1) is 12.4. The Hall–Kier alpha value is -1.06. The van der Waals surface area contributed by atoms with E-state index in [1.807, 2.05) is 12.1 Å². The molecule has 0 spiro atoms. The quantitative estimate of drug-likeness (QED) is 0.816. The first-order valence-electron chi connectivity index (χ1n) is 6.45. The predicted octanol–water partition coefficient (Wildman–Crippen LogP) is 1.86. The zero-order valence-electron chi connectivity index (χ0n) is 10.5. The molecule has 1 fully saturated rings. The zero-order chi connectivity index (χ0) is 12.1. The number of β-amino-alcohol motifs (C(OH)–C–C–N with tert-alkyl or cyclic N) is 1. The number of para-hydroxylation sites is 1. The van der Waals surface area contributed by atoms with Crippen LogP contribution in [0.15, 0.2) is 24.3 Å². The fraction of sp³-hybridized carbons (Fsp3) is 0.571. The summed E-state index contributed by atoms with van der Waals surface area (Å²) in [5, 5.41) is 13.3. The first-order valence-corrected chi connectivity index (χ1v) is 6.45. The number of hydrogen-bond acceptors (Lipinski definition) is 3. The molecular formula is C14H22N2O. The van der Waals surface area contributed by atoms with Gasteiger partial charge < -0.3 is 15.3 Å². The maximum Gasteiger partial charge on any atom is 0.0839 e. The minimum Gasteiger partial charge on any atom is -0.390 e. The van der Waals surface area contributed by atoms with Gasteiger partial charge in [0.15, 0.2) is 0 Å². The van der Waals surface area contributed by atoms with Gasteiger partial charge in [0.25, 0.3) is 0 Å². The second kappa shape index (κ2) is 6.03. The predicted molar refractivity (Wildman–Crippen MR) is 71.3 cm³/mol. The SMILES string of the molecule is Cc1ccccc1NCC(O)CN1CCCC1. The lowest BCUT2D eigenvalue weighted by atomic mass is 10.2. The zero-order valence-corrected chi connectivity index (χ0v) is 10.5. The van der Waals surface area contributed by atoms with E-state index in [9.17, 15) is 5.11 Å². The van der Waals surface area contributed by atoms with Crippen LogP contribution in [0, 0.1) is 6.92 Å². The van der Waals surface area contributed by atoms with Gasteiger partial charge in [0, 0.05) is 18.8 Å². The van der Waals surface area contributed by atoms with Crippen molar-refractivity contribution in [3.05, 3.63) is 29.8 Å². The van der Waals surface area contributed by atoms with Crippen LogP contribution in [-0.2, 0) is 0 Å². The van der Waals surface area contributed by atoms with Crippen molar-refractivity contribution in [1.82, 2.24) is 4.90 Å². The Morgan fingerprint density at radius 3 is 2.71 bits per heavy atom. The second-order valence-corrected chi connectivity index (χ2v) is 4.86. The normalized spacial score (nSPS) is 18.2. The van der Waals surface area contributed by atoms with Gasteiger partial charge in [-0.15, -0.1) is 0 Å². The molecule has 0 aromatic heterocycles. The molecule has 2 N–H and O–H groups in total. The fourth-order valence-electron chi connectivity index (χ4n) is 2.33. The van der Waals surface area contributed by atoms with E-state index in [0.29, 0.717) is 6.54 Å². The fourth-order valence-corrected chi connectivity index (χ4v) is 2.33. The van der Waals surface area contributed by atoms with Crippen molar-refractivity contribution in [2.24, 2.45) is 0 Å². The highest BCUT2D eigenvalue weighted by atomic mass is 16.3. The average Bonchev–Trinajstić information content (AvgIpc) is 2.81. The molecule has 0 aliphatic carbocycles. The molecule has 1 aromatic rings. The van der Waals surface area contributed by atoms with Crippen molar-refractivity contribution < 1.29 is 5.11 Å². The Labute approximate surface area is 103 Å². The maximum absolute atomic E-state index is 9.96. The molecule has 0 bridgehead atoms. The van der Waals surface area contributed by atoms with Crippen molar-refractivity contribution in [3.63, 3.8) is 0 Å². The highest BCUT2D eigenvalue weighted by Gasteiger charge is 2.15. The van der Waals surface area contributed by atoms with Gasteiger partial charge >= 0.3 is 0 Å². The molecule has 1 aliphatic rings. The molecule has 2 rings (SSSR count). The highest BCUT2D eigenvalue weighted by Crippen LogP contribution is 2.13. The summed E-state index contributed by atoms with van der Waals surface area (Å²) in [6, 6.07) is 8.18. The Morgan fingerprint density at radius 1 is 1.29 bits per heavy atom. The van der Waals surface area contributed by atoms with Crippen LogP contribution in [-0.4, -0.2) is 42.3 Å². The van der Waals surface area contributed by atoms with E-state index in [1.165, 1.54) is 18.4 Å². The number of aliphatic hydroxyl groups excluding tert-OH is 1. The molecule has 1 saturated heterocycles. The molecule has 0 radical (unpaired) electrons. The van der Waals surface area contributed by atoms with Crippen molar-refractivity contribution in [1.29, 1.82) is 0 Å². The molecule has 17 heavy (non-hydrogen) atoms. The van der Waals surface area contributed by atoms with E-state index in [-0.39, 0.29) is 6.10 Å². The molecule has 3 heteroatoms. The Kier molecular flexibility index (Phi) is 4.40. The van der Waals surface area contributed by atoms with E-state index < -0.39 is 0 Å². The lowest BCUT2D eigenvalue weighted by Crippen LogP contribution is -2.34. The molecule has 1 aromatic carbocycles. The first-order chi connectivity index (χ1) is 8.25. The molecule has 0 saturated carbocycles. The van der Waals surface area contributed by atoms with Gasteiger partial charge in [-0.05, 0) is 44.5 Å². The van der Waals surface area contributed by atoms with Crippen LogP contribution in [0.2, 0.25) is 0 Å². The summed E-state index contributed by atoms with van der Waals surface area (Å²) in [7, 11) is 0. The number of aryl methyl sites for hydroxylation is 1. The smallest absolute Gasteiger partial charge is 0.0839 e. The summed E-state index contributed by atoms with van der Waals surface area (Å²) in [5.74, 6) is 0. The number of hydrogen-bond donors (Lipinski definition) is 2. The minimum atomic E-state index is -0.285. The van der Waals surface area contributed by atoms with Gasteiger partial charge in [0.1, 0.15) is 0 Å². The molecule has 1 aliphatic heterocycles. The van der Waals surface area contributed by atoms with Crippen LogP contribution in [0.3, 0.4) is 0 Å². The Morgan fingerprint density at radius 2 is 2.00 bits per heavy atom. The van der Waals surface area contributed by atoms with Crippen molar-refractivity contribution in [2.45, 2.75) is 25.9 Å². The summed E-state index contributed by atoms with van der Waals surface area (Å²) in [4.78, 5) is 2.34. The molecule has 1 heterocycles. The molecule has 94 valence electrons. The van der Waals surface area contributed by atoms with Gasteiger partial charge in [0.05, 0.1) is 6.10 Å². The van der Waals surface area contributed by atoms with Crippen LogP contribution in [0.25, 0.3) is 0 Å². The van der Waals surface area contributed by atoms with Crippen LogP contribution in [0.4, 0.5) is 5.69 Å². The summed E-state index contributed by atoms with van der Waals surface area (Å²) in [5.41, 5.74) is 2.34. The maximum atomic E-state index is 9.96. The van der Waals surface area contributed by atoms with Crippen LogP contribution < -0.4 is 5.32 Å². The third kappa shape index (κ3) is 3.72. The van der Waals surface area contributed by atoms with Crippen molar-refractivity contribution in [3.8, 4) is 0 Å². The van der Waals surface area contributed by atoms with E-state index in [1.54, 1.807) is 0 Å². The number of likely N-dealkylation sites (tertiary alicyclic amines) is 1. The monoisotopic (exact) mass is 234 g/mol. The number of nitrogens with one attached hydrogen (secondary N) is 1. The van der Waals surface area contributed by atoms with Gasteiger partial charge in [-0.2, -0.15) is 0 Å². The molecule has 3 nitrogen and oxygen atoms in total. The molecular weight excluding hydrogens is 212 g/mol. The lowest BCUT2D eigenvalue weighted by molar-refractivity contribution is 0.135. The summed E-state index contributed by atoms with van der Waals surface area (Å²) >= 11 is 0. The molecule has 1 atom stereocenters. The van der Waals surface area contributed by atoms with Crippen molar-refractivity contribution in [2.75, 3.05) is 31.5 Å². The third-order valence-electron chi connectivity index (χ3n) is 3.34. The average molecular weight is 234 g/mol. The molecule has 0 amide bonds. The van der Waals surface area contributed by atoms with Gasteiger partial charge in [-0.25, -0.2) is 0 Å². The largest absolute Gasteiger partial charge is 0.390 e. The van der Waals surface area contributed by atoms with E-state index in [4.69, 9.17) is 0 Å². The number of nitrogens with zero attached hydrogens (tertiary/aromatic N) is 1. The van der Waals surface area contributed by atoms with Gasteiger partial charge in [0.2, 0.25) is 0 Å². The Bertz CT molecular complexity index is 348. The van der Waals surface area contributed by atoms with Crippen LogP contribution >= 0.6 is 0 Å². The number of anilines is 1. The number of rotatable bonds is 5. The summed E-state index contributed by atoms with van der Waals surface area (Å²) < 4.78 is 0.